The zero-order valence-corrected chi connectivity index (χ0v) is 24.3. The van der Waals surface area contributed by atoms with Crippen LogP contribution in [0.15, 0.2) is 56.5 Å². The van der Waals surface area contributed by atoms with E-state index in [1.807, 2.05) is 17.9 Å². The molecule has 13 nitrogen and oxygen atoms in total. The summed E-state index contributed by atoms with van der Waals surface area (Å²) in [5.41, 5.74) is 4.81. The third-order valence-corrected chi connectivity index (χ3v) is 7.12. The lowest BCUT2D eigenvalue weighted by molar-refractivity contribution is -0.384. The number of furan rings is 1. The normalized spacial score (nSPS) is 13.4. The Morgan fingerprint density at radius 3 is 2.68 bits per heavy atom. The molecule has 2 aromatic carbocycles. The van der Waals surface area contributed by atoms with E-state index >= 15 is 0 Å². The minimum Gasteiger partial charge on any atom is -0.496 e. The van der Waals surface area contributed by atoms with E-state index in [1.165, 1.54) is 31.5 Å². The molecular formula is C26H24BrClN8O5. The van der Waals surface area contributed by atoms with Gasteiger partial charge in [-0.2, -0.15) is 20.1 Å². The number of nitro benzene ring substituents is 1. The zero-order valence-electron chi connectivity index (χ0n) is 21.9. The average molecular weight is 644 g/mol. The van der Waals surface area contributed by atoms with Crippen LogP contribution in [0.25, 0.3) is 11.3 Å². The van der Waals surface area contributed by atoms with Gasteiger partial charge in [0.15, 0.2) is 0 Å². The second-order valence-corrected chi connectivity index (χ2v) is 10.1. The largest absolute Gasteiger partial charge is 0.496 e. The SMILES string of the molecule is COc1ccc([N+](=O)[O-])cc1-c1ccc(C=NNc2nc(Nc3cc(Cl)c(C)cc3Br)nc(N3CCOCC3)n2)o1. The molecule has 41 heavy (non-hydrogen) atoms. The number of anilines is 4. The van der Waals surface area contributed by atoms with E-state index in [4.69, 9.17) is 25.5 Å². The molecule has 2 aromatic heterocycles. The van der Waals surface area contributed by atoms with Crippen molar-refractivity contribution in [2.24, 2.45) is 5.10 Å². The Balaban J connectivity index is 1.38. The molecule has 1 aliphatic rings. The number of nitrogens with one attached hydrogen (secondary N) is 2. The van der Waals surface area contributed by atoms with Crippen molar-refractivity contribution in [1.82, 2.24) is 15.0 Å². The van der Waals surface area contributed by atoms with E-state index in [2.05, 4.69) is 46.7 Å². The van der Waals surface area contributed by atoms with E-state index in [0.29, 0.717) is 65.8 Å². The van der Waals surface area contributed by atoms with Gasteiger partial charge >= 0.3 is 0 Å². The highest BCUT2D eigenvalue weighted by atomic mass is 79.9. The Morgan fingerprint density at radius 1 is 1.15 bits per heavy atom. The number of non-ortho nitro benzene ring substituents is 1. The number of halogens is 2. The number of nitro groups is 1. The van der Waals surface area contributed by atoms with Crippen LogP contribution in [-0.4, -0.2) is 59.5 Å². The van der Waals surface area contributed by atoms with Gasteiger partial charge in [-0.05, 0) is 58.7 Å². The molecule has 1 fully saturated rings. The van der Waals surface area contributed by atoms with Gasteiger partial charge in [-0.15, -0.1) is 0 Å². The first-order chi connectivity index (χ1) is 19.8. The molecule has 4 aromatic rings. The highest BCUT2D eigenvalue weighted by Gasteiger charge is 2.18. The molecule has 0 saturated carbocycles. The molecule has 0 spiro atoms. The van der Waals surface area contributed by atoms with Gasteiger partial charge in [0.1, 0.15) is 17.3 Å². The lowest BCUT2D eigenvalue weighted by atomic mass is 10.1. The molecule has 0 amide bonds. The Bertz CT molecular complexity index is 1610. The van der Waals surface area contributed by atoms with Gasteiger partial charge in [0.25, 0.3) is 5.69 Å². The summed E-state index contributed by atoms with van der Waals surface area (Å²) in [6.45, 7) is 4.29. The van der Waals surface area contributed by atoms with E-state index in [0.717, 1.165) is 10.0 Å². The standard InChI is InChI=1S/C26H24BrClN8O5/c1-15-11-19(27)21(13-20(15)28)30-24-31-25(33-26(32-24)35-7-9-40-10-8-35)34-29-14-17-4-6-23(41-17)18-12-16(36(37)38)3-5-22(18)39-2/h3-6,11-14H,7-10H2,1-2H3,(H2,30,31,32,33,34). The van der Waals surface area contributed by atoms with Gasteiger partial charge < -0.3 is 24.1 Å². The first kappa shape index (κ1) is 28.3. The summed E-state index contributed by atoms with van der Waals surface area (Å²) in [6, 6.07) is 11.3. The Hall–Kier alpha value is -4.27. The maximum absolute atomic E-state index is 11.2. The highest BCUT2D eigenvalue weighted by Crippen LogP contribution is 2.34. The van der Waals surface area contributed by atoms with Crippen molar-refractivity contribution in [3.63, 3.8) is 0 Å². The van der Waals surface area contributed by atoms with Crippen molar-refractivity contribution in [2.75, 3.05) is 49.1 Å². The third-order valence-electron chi connectivity index (χ3n) is 6.05. The zero-order chi connectivity index (χ0) is 28.9. The number of morpholine rings is 1. The van der Waals surface area contributed by atoms with Crippen LogP contribution in [0.4, 0.5) is 29.2 Å². The summed E-state index contributed by atoms with van der Waals surface area (Å²) in [5.74, 6) is 2.15. The van der Waals surface area contributed by atoms with Crippen molar-refractivity contribution in [3.05, 3.63) is 73.4 Å². The van der Waals surface area contributed by atoms with Crippen molar-refractivity contribution in [2.45, 2.75) is 6.92 Å². The molecule has 1 saturated heterocycles. The van der Waals surface area contributed by atoms with Gasteiger partial charge in [-0.3, -0.25) is 10.1 Å². The van der Waals surface area contributed by atoms with Crippen LogP contribution in [-0.2, 0) is 4.74 Å². The highest BCUT2D eigenvalue weighted by molar-refractivity contribution is 9.10. The van der Waals surface area contributed by atoms with Gasteiger partial charge in [0.2, 0.25) is 17.8 Å². The van der Waals surface area contributed by atoms with E-state index in [1.54, 1.807) is 18.2 Å². The maximum Gasteiger partial charge on any atom is 0.270 e. The summed E-state index contributed by atoms with van der Waals surface area (Å²) in [6.07, 6.45) is 1.44. The minimum absolute atomic E-state index is 0.0793. The quantitative estimate of drug-likeness (QED) is 0.129. The van der Waals surface area contributed by atoms with Gasteiger partial charge in [-0.1, -0.05) is 11.6 Å². The number of ether oxygens (including phenoxy) is 2. The first-order valence-corrected chi connectivity index (χ1v) is 13.5. The lowest BCUT2D eigenvalue weighted by Gasteiger charge is -2.27. The number of methoxy groups -OCH3 is 1. The van der Waals surface area contributed by atoms with Crippen LogP contribution in [0.1, 0.15) is 11.3 Å². The molecule has 15 heteroatoms. The Morgan fingerprint density at radius 2 is 1.93 bits per heavy atom. The Kier molecular flexibility index (Phi) is 8.61. The van der Waals surface area contributed by atoms with Crippen molar-refractivity contribution in [1.29, 1.82) is 0 Å². The van der Waals surface area contributed by atoms with Crippen molar-refractivity contribution >= 4 is 63.0 Å². The van der Waals surface area contributed by atoms with Crippen LogP contribution in [0.3, 0.4) is 0 Å². The van der Waals surface area contributed by atoms with Gasteiger partial charge in [-0.25, -0.2) is 5.43 Å². The van der Waals surface area contributed by atoms with Gasteiger partial charge in [0, 0.05) is 34.7 Å². The summed E-state index contributed by atoms with van der Waals surface area (Å²) < 4.78 is 17.4. The number of hydrogen-bond donors (Lipinski definition) is 2. The van der Waals surface area contributed by atoms with Crippen LogP contribution in [0.2, 0.25) is 5.02 Å². The molecule has 1 aliphatic heterocycles. The minimum atomic E-state index is -0.479. The summed E-state index contributed by atoms with van der Waals surface area (Å²) in [7, 11) is 1.48. The number of rotatable bonds is 9. The molecule has 0 unspecified atom stereocenters. The number of benzene rings is 2. The summed E-state index contributed by atoms with van der Waals surface area (Å²) in [5, 5.41) is 19.2. The van der Waals surface area contributed by atoms with Crippen LogP contribution in [0.5, 0.6) is 5.75 Å². The molecule has 0 atom stereocenters. The number of hydrogen-bond acceptors (Lipinski definition) is 12. The number of aromatic nitrogens is 3. The topological polar surface area (TPSA) is 153 Å². The fourth-order valence-corrected chi connectivity index (χ4v) is 4.68. The summed E-state index contributed by atoms with van der Waals surface area (Å²) in [4.78, 5) is 26.3. The molecule has 0 bridgehead atoms. The smallest absolute Gasteiger partial charge is 0.270 e. The maximum atomic E-state index is 11.2. The predicted molar refractivity (Wildman–Crippen MR) is 159 cm³/mol. The second kappa shape index (κ2) is 12.5. The Labute approximate surface area is 247 Å². The summed E-state index contributed by atoms with van der Waals surface area (Å²) >= 11 is 9.88. The average Bonchev–Trinajstić information content (AvgIpc) is 3.44. The molecular weight excluding hydrogens is 620 g/mol. The molecule has 2 N–H and O–H groups in total. The molecule has 5 rings (SSSR count). The van der Waals surface area contributed by atoms with Crippen molar-refractivity contribution in [3.8, 4) is 17.1 Å². The third kappa shape index (κ3) is 6.73. The van der Waals surface area contributed by atoms with Gasteiger partial charge in [0.05, 0.1) is 42.7 Å². The fraction of sp³-hybridized carbons (Fsp3) is 0.231. The number of nitrogens with zero attached hydrogens (tertiary/aromatic N) is 6. The fourth-order valence-electron chi connectivity index (χ4n) is 3.96. The second-order valence-electron chi connectivity index (χ2n) is 8.80. The van der Waals surface area contributed by atoms with E-state index in [9.17, 15) is 10.1 Å². The number of hydrazone groups is 1. The lowest BCUT2D eigenvalue weighted by Crippen LogP contribution is -2.37. The molecule has 0 aliphatic carbocycles. The van der Waals surface area contributed by atoms with Crippen LogP contribution < -0.4 is 20.4 Å². The van der Waals surface area contributed by atoms with E-state index < -0.39 is 4.92 Å². The molecule has 3 heterocycles. The van der Waals surface area contributed by atoms with E-state index in [-0.39, 0.29) is 17.6 Å². The predicted octanol–water partition coefficient (Wildman–Crippen LogP) is 5.80. The van der Waals surface area contributed by atoms with Crippen LogP contribution >= 0.6 is 27.5 Å². The first-order valence-electron chi connectivity index (χ1n) is 12.3. The molecule has 212 valence electrons. The molecule has 0 radical (unpaired) electrons. The van der Waals surface area contributed by atoms with Crippen molar-refractivity contribution < 1.29 is 18.8 Å². The van der Waals surface area contributed by atoms with Crippen LogP contribution in [0, 0.1) is 17.0 Å². The number of aryl methyl sites for hydroxylation is 1. The monoisotopic (exact) mass is 642 g/mol.